The van der Waals surface area contributed by atoms with Crippen molar-refractivity contribution < 1.29 is 23.9 Å². The molecule has 6 heteroatoms. The average Bonchev–Trinajstić information content (AvgIpc) is 2.88. The van der Waals surface area contributed by atoms with Gasteiger partial charge in [-0.05, 0) is 31.2 Å². The molecule has 2 aromatic rings. The van der Waals surface area contributed by atoms with Crippen LogP contribution >= 0.6 is 0 Å². The molecule has 1 heterocycles. The molecule has 1 aliphatic rings. The number of likely N-dealkylation sites (tertiary alicyclic amines) is 1. The molecule has 1 atom stereocenters. The summed E-state index contributed by atoms with van der Waals surface area (Å²) in [6.07, 6.45) is 3.58. The second kappa shape index (κ2) is 12.6. The van der Waals surface area contributed by atoms with Gasteiger partial charge in [-0.1, -0.05) is 66.7 Å². The maximum Gasteiger partial charge on any atom is 0.410 e. The van der Waals surface area contributed by atoms with E-state index >= 15 is 0 Å². The zero-order chi connectivity index (χ0) is 23.5. The molecule has 0 saturated carbocycles. The largest absolute Gasteiger partial charge is 0.465 e. The number of Topliss-reactive ketones (excluding diaryl/α,β-unsaturated/α-hetero) is 1. The van der Waals surface area contributed by atoms with E-state index in [4.69, 9.17) is 9.47 Å². The van der Waals surface area contributed by atoms with Crippen molar-refractivity contribution in [3.05, 3.63) is 84.4 Å². The fourth-order valence-electron chi connectivity index (χ4n) is 3.87. The van der Waals surface area contributed by atoms with Gasteiger partial charge >= 0.3 is 12.1 Å². The van der Waals surface area contributed by atoms with Gasteiger partial charge in [0.15, 0.2) is 5.78 Å². The Morgan fingerprint density at radius 1 is 0.970 bits per heavy atom. The van der Waals surface area contributed by atoms with E-state index in [1.54, 1.807) is 23.1 Å². The van der Waals surface area contributed by atoms with Gasteiger partial charge in [0.25, 0.3) is 0 Å². The molecule has 0 radical (unpaired) electrons. The van der Waals surface area contributed by atoms with E-state index < -0.39 is 0 Å². The van der Waals surface area contributed by atoms with Gasteiger partial charge in [0.1, 0.15) is 6.61 Å². The first-order valence-electron chi connectivity index (χ1n) is 11.4. The molecule has 0 bridgehead atoms. The summed E-state index contributed by atoms with van der Waals surface area (Å²) in [7, 11) is 0. The van der Waals surface area contributed by atoms with Crippen molar-refractivity contribution in [2.24, 2.45) is 11.8 Å². The fourth-order valence-corrected chi connectivity index (χ4v) is 3.87. The lowest BCUT2D eigenvalue weighted by molar-refractivity contribution is -0.150. The molecule has 1 aliphatic heterocycles. The third-order valence-electron chi connectivity index (χ3n) is 5.88. The van der Waals surface area contributed by atoms with Crippen molar-refractivity contribution in [3.8, 4) is 0 Å². The highest BCUT2D eigenvalue weighted by molar-refractivity contribution is 5.98. The molecule has 0 aliphatic carbocycles. The highest BCUT2D eigenvalue weighted by Crippen LogP contribution is 2.21. The highest BCUT2D eigenvalue weighted by Gasteiger charge is 2.29. The Balaban J connectivity index is 1.33. The smallest absolute Gasteiger partial charge is 0.410 e. The Labute approximate surface area is 195 Å². The number of amides is 1. The van der Waals surface area contributed by atoms with Gasteiger partial charge in [0.2, 0.25) is 0 Å². The molecule has 0 spiro atoms. The fraction of sp³-hybridized carbons (Fsp3) is 0.370. The van der Waals surface area contributed by atoms with Crippen LogP contribution in [0.3, 0.4) is 0 Å². The average molecular weight is 450 g/mol. The van der Waals surface area contributed by atoms with Crippen LogP contribution in [0.4, 0.5) is 4.79 Å². The van der Waals surface area contributed by atoms with Gasteiger partial charge in [0.05, 0.1) is 12.5 Å². The maximum absolute atomic E-state index is 12.5. The lowest BCUT2D eigenvalue weighted by Gasteiger charge is -2.30. The number of rotatable bonds is 10. The van der Waals surface area contributed by atoms with Gasteiger partial charge in [-0.15, -0.1) is 6.58 Å². The molecule has 0 unspecified atom stereocenters. The number of ether oxygens (including phenoxy) is 2. The number of carbonyl (C=O) groups is 3. The van der Waals surface area contributed by atoms with E-state index in [1.807, 2.05) is 48.5 Å². The molecule has 1 fully saturated rings. The summed E-state index contributed by atoms with van der Waals surface area (Å²) in [6.45, 7) is 5.22. The van der Waals surface area contributed by atoms with Crippen molar-refractivity contribution >= 4 is 17.8 Å². The van der Waals surface area contributed by atoms with Crippen molar-refractivity contribution in [3.63, 3.8) is 0 Å². The van der Waals surface area contributed by atoms with Crippen LogP contribution in [0.15, 0.2) is 73.3 Å². The summed E-state index contributed by atoms with van der Waals surface area (Å²) in [4.78, 5) is 38.8. The molecular weight excluding hydrogens is 418 g/mol. The van der Waals surface area contributed by atoms with Crippen LogP contribution in [0.2, 0.25) is 0 Å². The molecule has 174 valence electrons. The number of allylic oxidation sites excluding steroid dienone is 1. The second-order valence-corrected chi connectivity index (χ2v) is 8.18. The highest BCUT2D eigenvalue weighted by atomic mass is 16.6. The van der Waals surface area contributed by atoms with Crippen LogP contribution in [0.5, 0.6) is 0 Å². The van der Waals surface area contributed by atoms with Crippen LogP contribution in [0.25, 0.3) is 0 Å². The zero-order valence-electron chi connectivity index (χ0n) is 18.9. The quantitative estimate of drug-likeness (QED) is 0.220. The Hall–Kier alpha value is -3.41. The summed E-state index contributed by atoms with van der Waals surface area (Å²) >= 11 is 0. The molecule has 33 heavy (non-hydrogen) atoms. The third-order valence-corrected chi connectivity index (χ3v) is 5.88. The van der Waals surface area contributed by atoms with Crippen LogP contribution in [-0.4, -0.2) is 42.4 Å². The Morgan fingerprint density at radius 3 is 2.24 bits per heavy atom. The molecule has 0 aromatic heterocycles. The topological polar surface area (TPSA) is 72.9 Å². The van der Waals surface area contributed by atoms with Crippen molar-refractivity contribution in [1.29, 1.82) is 0 Å². The minimum Gasteiger partial charge on any atom is -0.465 e. The maximum atomic E-state index is 12.5. The van der Waals surface area contributed by atoms with E-state index in [0.29, 0.717) is 44.3 Å². The Kier molecular flexibility index (Phi) is 9.24. The molecule has 1 saturated heterocycles. The predicted molar refractivity (Wildman–Crippen MR) is 126 cm³/mol. The number of ketones is 1. The van der Waals surface area contributed by atoms with Gasteiger partial charge < -0.3 is 14.4 Å². The normalized spacial score (nSPS) is 14.8. The van der Waals surface area contributed by atoms with E-state index in [1.165, 1.54) is 0 Å². The van der Waals surface area contributed by atoms with Gasteiger partial charge in [-0.2, -0.15) is 0 Å². The first kappa shape index (κ1) is 24.2. The number of esters is 1. The SMILES string of the molecule is C=C[C@H](CCCOC(=O)C1CCN(C(=O)OCc2ccccc2)CC1)C(=O)c1ccccc1. The summed E-state index contributed by atoms with van der Waals surface area (Å²) in [6, 6.07) is 18.7. The molecular formula is C27H31NO5. The number of hydrogen-bond acceptors (Lipinski definition) is 5. The van der Waals surface area contributed by atoms with E-state index in [-0.39, 0.29) is 42.9 Å². The minimum absolute atomic E-state index is 0.0310. The van der Waals surface area contributed by atoms with E-state index in [0.717, 1.165) is 5.56 Å². The van der Waals surface area contributed by atoms with Crippen LogP contribution in [0, 0.1) is 11.8 Å². The zero-order valence-corrected chi connectivity index (χ0v) is 18.9. The minimum atomic E-state index is -0.357. The second-order valence-electron chi connectivity index (χ2n) is 8.18. The number of benzene rings is 2. The summed E-state index contributed by atoms with van der Waals surface area (Å²) < 4.78 is 10.8. The lowest BCUT2D eigenvalue weighted by Crippen LogP contribution is -2.40. The molecule has 1 amide bonds. The molecule has 3 rings (SSSR count). The number of hydrogen-bond donors (Lipinski definition) is 0. The van der Waals surface area contributed by atoms with Crippen LogP contribution < -0.4 is 0 Å². The molecule has 6 nitrogen and oxygen atoms in total. The van der Waals surface area contributed by atoms with E-state index in [9.17, 15) is 14.4 Å². The molecule has 0 N–H and O–H groups in total. The summed E-state index contributed by atoms with van der Waals surface area (Å²) in [5.41, 5.74) is 1.60. The van der Waals surface area contributed by atoms with Gasteiger partial charge in [-0.25, -0.2) is 4.79 Å². The number of nitrogens with zero attached hydrogens (tertiary/aromatic N) is 1. The Morgan fingerprint density at radius 2 is 1.61 bits per heavy atom. The standard InChI is InChI=1S/C27H31NO5/c1-2-22(25(29)23-12-7-4-8-13-23)14-9-19-32-26(30)24-15-17-28(18-16-24)27(31)33-20-21-10-5-3-6-11-21/h2-8,10-13,22,24H,1,9,14-20H2/t22-/m1/s1. The summed E-state index contributed by atoms with van der Waals surface area (Å²) in [5, 5.41) is 0. The lowest BCUT2D eigenvalue weighted by atomic mass is 9.93. The first-order chi connectivity index (χ1) is 16.1. The van der Waals surface area contributed by atoms with Crippen molar-refractivity contribution in [2.45, 2.75) is 32.3 Å². The number of piperidine rings is 1. The van der Waals surface area contributed by atoms with E-state index in [2.05, 4.69) is 6.58 Å². The van der Waals surface area contributed by atoms with Gasteiger partial charge in [0, 0.05) is 24.6 Å². The number of carbonyl (C=O) groups excluding carboxylic acids is 3. The van der Waals surface area contributed by atoms with Crippen molar-refractivity contribution in [2.75, 3.05) is 19.7 Å². The predicted octanol–water partition coefficient (Wildman–Crippen LogP) is 5.04. The third kappa shape index (κ3) is 7.31. The molecule has 2 aromatic carbocycles. The van der Waals surface area contributed by atoms with Gasteiger partial charge in [-0.3, -0.25) is 9.59 Å². The summed E-state index contributed by atoms with van der Waals surface area (Å²) in [5.74, 6) is -0.721. The monoisotopic (exact) mass is 449 g/mol. The first-order valence-corrected chi connectivity index (χ1v) is 11.4. The van der Waals surface area contributed by atoms with Crippen LogP contribution in [-0.2, 0) is 20.9 Å². The van der Waals surface area contributed by atoms with Crippen molar-refractivity contribution in [1.82, 2.24) is 4.90 Å². The Bertz CT molecular complexity index is 920. The van der Waals surface area contributed by atoms with Crippen LogP contribution in [0.1, 0.15) is 41.6 Å².